The van der Waals surface area contributed by atoms with E-state index in [9.17, 15) is 19.1 Å². The molecule has 2 atom stereocenters. The fourth-order valence-electron chi connectivity index (χ4n) is 2.67. The van der Waals surface area contributed by atoms with Gasteiger partial charge in [0, 0.05) is 12.2 Å². The van der Waals surface area contributed by atoms with Gasteiger partial charge in [0.1, 0.15) is 5.82 Å². The van der Waals surface area contributed by atoms with Crippen molar-refractivity contribution in [2.75, 3.05) is 11.9 Å². The fraction of sp³-hybridized carbons (Fsp3) is 0.500. The molecule has 3 N–H and O–H groups in total. The van der Waals surface area contributed by atoms with Crippen LogP contribution in [0.25, 0.3) is 0 Å². The number of nitrogens with one attached hydrogen (secondary N) is 2. The number of carbonyl (C=O) groups is 2. The summed E-state index contributed by atoms with van der Waals surface area (Å²) in [5.41, 5.74) is 0.964. The van der Waals surface area contributed by atoms with E-state index in [2.05, 4.69) is 10.6 Å². The van der Waals surface area contributed by atoms with Gasteiger partial charge in [0.05, 0.1) is 6.10 Å². The van der Waals surface area contributed by atoms with Gasteiger partial charge in [-0.25, -0.2) is 4.39 Å². The number of anilines is 1. The molecule has 1 fully saturated rings. The first-order chi connectivity index (χ1) is 10.5. The van der Waals surface area contributed by atoms with E-state index in [1.807, 2.05) is 0 Å². The van der Waals surface area contributed by atoms with Crippen LogP contribution in [0.3, 0.4) is 0 Å². The number of hydrogen-bond donors (Lipinski definition) is 3. The molecule has 2 unspecified atom stereocenters. The summed E-state index contributed by atoms with van der Waals surface area (Å²) in [7, 11) is 0. The molecule has 0 radical (unpaired) electrons. The monoisotopic (exact) mass is 308 g/mol. The Hall–Kier alpha value is -1.95. The molecule has 2 rings (SSSR count). The van der Waals surface area contributed by atoms with Crippen molar-refractivity contribution in [1.82, 2.24) is 5.32 Å². The van der Waals surface area contributed by atoms with Gasteiger partial charge in [0.25, 0.3) is 0 Å². The number of amides is 2. The largest absolute Gasteiger partial charge is 0.393 e. The van der Waals surface area contributed by atoms with Gasteiger partial charge in [0.15, 0.2) is 0 Å². The van der Waals surface area contributed by atoms with Gasteiger partial charge in [0.2, 0.25) is 0 Å². The molecule has 0 spiro atoms. The van der Waals surface area contributed by atoms with Crippen LogP contribution in [0.4, 0.5) is 10.1 Å². The highest BCUT2D eigenvalue weighted by Crippen LogP contribution is 2.23. The topological polar surface area (TPSA) is 78.4 Å². The predicted octanol–water partition coefficient (Wildman–Crippen LogP) is 1.74. The fourth-order valence-corrected chi connectivity index (χ4v) is 2.67. The molecule has 0 aliphatic heterocycles. The molecule has 120 valence electrons. The summed E-state index contributed by atoms with van der Waals surface area (Å²) < 4.78 is 13.2. The molecule has 1 aromatic rings. The van der Waals surface area contributed by atoms with E-state index < -0.39 is 17.6 Å². The van der Waals surface area contributed by atoms with E-state index in [1.165, 1.54) is 18.2 Å². The third-order valence-corrected chi connectivity index (χ3v) is 3.96. The van der Waals surface area contributed by atoms with Crippen molar-refractivity contribution in [3.63, 3.8) is 0 Å². The summed E-state index contributed by atoms with van der Waals surface area (Å²) in [6.07, 6.45) is 2.98. The van der Waals surface area contributed by atoms with Crippen molar-refractivity contribution in [3.05, 3.63) is 29.6 Å². The Morgan fingerprint density at radius 2 is 2.09 bits per heavy atom. The Bertz CT molecular complexity index is 562. The maximum absolute atomic E-state index is 13.2. The first kappa shape index (κ1) is 16.4. The Kier molecular flexibility index (Phi) is 5.49. The van der Waals surface area contributed by atoms with Crippen molar-refractivity contribution in [1.29, 1.82) is 0 Å². The third-order valence-electron chi connectivity index (χ3n) is 3.96. The SMILES string of the molecule is Cc1ccc(F)cc1NC(=O)C(=O)NCC1CCCC(O)C1. The van der Waals surface area contributed by atoms with Gasteiger partial charge >= 0.3 is 11.8 Å². The summed E-state index contributed by atoms with van der Waals surface area (Å²) in [5.74, 6) is -1.84. The van der Waals surface area contributed by atoms with Gasteiger partial charge < -0.3 is 15.7 Å². The number of rotatable bonds is 3. The zero-order valence-corrected chi connectivity index (χ0v) is 12.6. The van der Waals surface area contributed by atoms with E-state index >= 15 is 0 Å². The normalized spacial score (nSPS) is 21.2. The van der Waals surface area contributed by atoms with Gasteiger partial charge in [-0.05, 0) is 49.8 Å². The second kappa shape index (κ2) is 7.35. The highest BCUT2D eigenvalue weighted by atomic mass is 19.1. The maximum atomic E-state index is 13.2. The number of halogens is 1. The lowest BCUT2D eigenvalue weighted by Crippen LogP contribution is -2.39. The minimum atomic E-state index is -0.815. The first-order valence-electron chi connectivity index (χ1n) is 7.49. The van der Waals surface area contributed by atoms with Gasteiger partial charge in [-0.2, -0.15) is 0 Å². The lowest BCUT2D eigenvalue weighted by molar-refractivity contribution is -0.136. The van der Waals surface area contributed by atoms with Crippen molar-refractivity contribution in [2.45, 2.75) is 38.7 Å². The third kappa shape index (κ3) is 4.53. The van der Waals surface area contributed by atoms with E-state index in [0.717, 1.165) is 19.3 Å². The predicted molar refractivity (Wildman–Crippen MR) is 80.7 cm³/mol. The average molecular weight is 308 g/mol. The Morgan fingerprint density at radius 1 is 1.32 bits per heavy atom. The van der Waals surface area contributed by atoms with Gasteiger partial charge in [-0.3, -0.25) is 9.59 Å². The van der Waals surface area contributed by atoms with Crippen LogP contribution in [0.2, 0.25) is 0 Å². The molecule has 0 bridgehead atoms. The summed E-state index contributed by atoms with van der Waals surface area (Å²) in [6.45, 7) is 2.09. The number of hydrogen-bond acceptors (Lipinski definition) is 3. The van der Waals surface area contributed by atoms with Crippen LogP contribution in [0.1, 0.15) is 31.2 Å². The van der Waals surface area contributed by atoms with E-state index in [4.69, 9.17) is 0 Å². The quantitative estimate of drug-likeness (QED) is 0.744. The Labute approximate surface area is 128 Å². The van der Waals surface area contributed by atoms with Crippen molar-refractivity contribution < 1.29 is 19.1 Å². The molecule has 0 heterocycles. The Morgan fingerprint density at radius 3 is 2.82 bits per heavy atom. The number of aliphatic hydroxyl groups is 1. The van der Waals surface area contributed by atoms with E-state index in [-0.39, 0.29) is 17.7 Å². The highest BCUT2D eigenvalue weighted by Gasteiger charge is 2.22. The summed E-state index contributed by atoms with van der Waals surface area (Å²) >= 11 is 0. The lowest BCUT2D eigenvalue weighted by Gasteiger charge is -2.25. The molecule has 1 aliphatic rings. The Balaban J connectivity index is 1.84. The molecule has 1 aliphatic carbocycles. The van der Waals surface area contributed by atoms with Gasteiger partial charge in [-0.1, -0.05) is 12.5 Å². The molecular formula is C16H21FN2O3. The number of carbonyl (C=O) groups excluding carboxylic acids is 2. The number of aryl methyl sites for hydroxylation is 1. The molecule has 6 heteroatoms. The molecule has 1 saturated carbocycles. The molecule has 0 saturated heterocycles. The second-order valence-corrected chi connectivity index (χ2v) is 5.81. The van der Waals surface area contributed by atoms with Crippen molar-refractivity contribution >= 4 is 17.5 Å². The van der Waals surface area contributed by atoms with Crippen LogP contribution >= 0.6 is 0 Å². The molecule has 2 amide bonds. The molecule has 0 aromatic heterocycles. The summed E-state index contributed by atoms with van der Waals surface area (Å²) in [4.78, 5) is 23.6. The average Bonchev–Trinajstić information content (AvgIpc) is 2.48. The molecule has 1 aromatic carbocycles. The zero-order valence-electron chi connectivity index (χ0n) is 12.6. The summed E-state index contributed by atoms with van der Waals surface area (Å²) in [5, 5.41) is 14.6. The van der Waals surface area contributed by atoms with Crippen molar-refractivity contribution in [3.8, 4) is 0 Å². The van der Waals surface area contributed by atoms with E-state index in [0.29, 0.717) is 18.5 Å². The van der Waals surface area contributed by atoms with E-state index in [1.54, 1.807) is 6.92 Å². The summed E-state index contributed by atoms with van der Waals surface area (Å²) in [6, 6.07) is 4.00. The van der Waals surface area contributed by atoms with Crippen LogP contribution in [-0.2, 0) is 9.59 Å². The highest BCUT2D eigenvalue weighted by molar-refractivity contribution is 6.39. The van der Waals surface area contributed by atoms with Crippen LogP contribution in [0.15, 0.2) is 18.2 Å². The zero-order chi connectivity index (χ0) is 16.1. The van der Waals surface area contributed by atoms with Crippen LogP contribution in [0, 0.1) is 18.7 Å². The number of aliphatic hydroxyl groups excluding tert-OH is 1. The minimum Gasteiger partial charge on any atom is -0.393 e. The minimum absolute atomic E-state index is 0.191. The standard InChI is InChI=1S/C16H21FN2O3/c1-10-5-6-12(17)8-14(10)19-16(22)15(21)18-9-11-3-2-4-13(20)7-11/h5-6,8,11,13,20H,2-4,7,9H2,1H3,(H,18,21)(H,19,22). The smallest absolute Gasteiger partial charge is 0.313 e. The lowest BCUT2D eigenvalue weighted by atomic mass is 9.87. The molecule has 5 nitrogen and oxygen atoms in total. The van der Waals surface area contributed by atoms with Crippen LogP contribution in [0.5, 0.6) is 0 Å². The van der Waals surface area contributed by atoms with Gasteiger partial charge in [-0.15, -0.1) is 0 Å². The second-order valence-electron chi connectivity index (χ2n) is 5.81. The van der Waals surface area contributed by atoms with Crippen LogP contribution in [-0.4, -0.2) is 29.6 Å². The molecular weight excluding hydrogens is 287 g/mol. The molecule has 22 heavy (non-hydrogen) atoms. The number of benzene rings is 1. The first-order valence-corrected chi connectivity index (χ1v) is 7.49. The maximum Gasteiger partial charge on any atom is 0.313 e. The van der Waals surface area contributed by atoms with Crippen LogP contribution < -0.4 is 10.6 Å². The van der Waals surface area contributed by atoms with Crippen molar-refractivity contribution in [2.24, 2.45) is 5.92 Å².